The molecule has 1 aliphatic rings. The van der Waals surface area contributed by atoms with E-state index in [1.165, 1.54) is 0 Å². The topological polar surface area (TPSA) is 41.6 Å². The second-order valence-corrected chi connectivity index (χ2v) is 7.50. The maximum Gasteiger partial charge on any atom is 0.244 e. The van der Waals surface area contributed by atoms with E-state index in [4.69, 9.17) is 4.74 Å². The van der Waals surface area contributed by atoms with Crippen LogP contribution < -0.4 is 10.1 Å². The van der Waals surface area contributed by atoms with Crippen molar-refractivity contribution < 1.29 is 9.53 Å². The molecule has 1 amide bonds. The summed E-state index contributed by atoms with van der Waals surface area (Å²) < 4.78 is 5.82. The van der Waals surface area contributed by atoms with Crippen LogP contribution in [0.3, 0.4) is 0 Å². The van der Waals surface area contributed by atoms with Crippen LogP contribution in [0, 0.1) is 0 Å². The molecule has 0 aliphatic carbocycles. The highest BCUT2D eigenvalue weighted by Crippen LogP contribution is 2.25. The number of benzene rings is 2. The van der Waals surface area contributed by atoms with Crippen molar-refractivity contribution in [3.8, 4) is 5.75 Å². The molecule has 0 radical (unpaired) electrons. The van der Waals surface area contributed by atoms with Crippen molar-refractivity contribution in [3.63, 3.8) is 0 Å². The van der Waals surface area contributed by atoms with Gasteiger partial charge in [-0.2, -0.15) is 0 Å². The number of nitrogens with one attached hydrogen (secondary N) is 1. The molecule has 0 saturated carbocycles. The van der Waals surface area contributed by atoms with E-state index in [1.807, 2.05) is 61.2 Å². The molecule has 0 spiro atoms. The quantitative estimate of drug-likeness (QED) is 0.785. The van der Waals surface area contributed by atoms with Crippen molar-refractivity contribution in [2.75, 3.05) is 13.1 Å². The summed E-state index contributed by atoms with van der Waals surface area (Å²) in [5.74, 6) is 1.03. The molecule has 144 valence electrons. The molecule has 1 fully saturated rings. The molecule has 27 heavy (non-hydrogen) atoms. The molecule has 4 nitrogen and oxygen atoms in total. The van der Waals surface area contributed by atoms with Crippen molar-refractivity contribution in [3.05, 3.63) is 65.7 Å². The second kappa shape index (κ2) is 9.05. The minimum absolute atomic E-state index is 0.0254. The number of amides is 1. The van der Waals surface area contributed by atoms with E-state index in [-0.39, 0.29) is 24.1 Å². The van der Waals surface area contributed by atoms with Gasteiger partial charge in [-0.3, -0.25) is 10.1 Å². The maximum atomic E-state index is 13.2. The lowest BCUT2D eigenvalue weighted by atomic mass is 10.0. The number of hydrogen-bond donors (Lipinski definition) is 1. The number of rotatable bonds is 7. The van der Waals surface area contributed by atoms with Crippen LogP contribution in [-0.2, 0) is 4.79 Å². The number of hydrogen-bond acceptors (Lipinski definition) is 3. The summed E-state index contributed by atoms with van der Waals surface area (Å²) in [4.78, 5) is 15.1. The molecule has 1 saturated heterocycles. The molecule has 2 aromatic rings. The summed E-state index contributed by atoms with van der Waals surface area (Å²) in [5, 5.41) is 3.56. The zero-order valence-electron chi connectivity index (χ0n) is 16.5. The Balaban J connectivity index is 1.80. The minimum Gasteiger partial charge on any atom is -0.491 e. The Kier molecular flexibility index (Phi) is 6.51. The lowest BCUT2D eigenvalue weighted by Crippen LogP contribution is -2.40. The van der Waals surface area contributed by atoms with Crippen molar-refractivity contribution in [2.24, 2.45) is 0 Å². The summed E-state index contributed by atoms with van der Waals surface area (Å²) in [6.45, 7) is 7.86. The van der Waals surface area contributed by atoms with Crippen molar-refractivity contribution in [1.29, 1.82) is 0 Å². The van der Waals surface area contributed by atoms with Gasteiger partial charge in [0.05, 0.1) is 6.10 Å². The molecule has 2 unspecified atom stereocenters. The maximum absolute atomic E-state index is 13.2. The highest BCUT2D eigenvalue weighted by Gasteiger charge is 2.29. The van der Waals surface area contributed by atoms with Gasteiger partial charge in [0.2, 0.25) is 5.91 Å². The largest absolute Gasteiger partial charge is 0.491 e. The number of likely N-dealkylation sites (tertiary alicyclic amines) is 1. The van der Waals surface area contributed by atoms with Gasteiger partial charge >= 0.3 is 0 Å². The summed E-state index contributed by atoms with van der Waals surface area (Å²) in [6, 6.07) is 17.8. The molecule has 1 aliphatic heterocycles. The highest BCUT2D eigenvalue weighted by atomic mass is 16.5. The van der Waals surface area contributed by atoms with Crippen LogP contribution in [0.4, 0.5) is 0 Å². The Labute approximate surface area is 162 Å². The van der Waals surface area contributed by atoms with Crippen LogP contribution in [0.5, 0.6) is 5.75 Å². The van der Waals surface area contributed by atoms with E-state index in [1.54, 1.807) is 0 Å². The fourth-order valence-corrected chi connectivity index (χ4v) is 3.55. The Morgan fingerprint density at radius 3 is 2.30 bits per heavy atom. The first-order valence-electron chi connectivity index (χ1n) is 9.91. The van der Waals surface area contributed by atoms with E-state index in [0.29, 0.717) is 0 Å². The molecule has 2 atom stereocenters. The molecule has 0 bridgehead atoms. The lowest BCUT2D eigenvalue weighted by Gasteiger charge is -2.27. The number of ether oxygens (including phenoxy) is 1. The molecule has 2 aromatic carbocycles. The predicted molar refractivity (Wildman–Crippen MR) is 109 cm³/mol. The Bertz CT molecular complexity index is 739. The molecule has 0 aromatic heterocycles. The third kappa shape index (κ3) is 5.10. The smallest absolute Gasteiger partial charge is 0.244 e. The van der Waals surface area contributed by atoms with Gasteiger partial charge in [-0.25, -0.2) is 0 Å². The molecular weight excluding hydrogens is 336 g/mol. The normalized spacial score (nSPS) is 16.4. The zero-order chi connectivity index (χ0) is 19.2. The van der Waals surface area contributed by atoms with Gasteiger partial charge in [-0.05, 0) is 56.9 Å². The van der Waals surface area contributed by atoms with Gasteiger partial charge in [-0.15, -0.1) is 0 Å². The average molecular weight is 367 g/mol. The van der Waals surface area contributed by atoms with E-state index < -0.39 is 0 Å². The second-order valence-electron chi connectivity index (χ2n) is 7.50. The van der Waals surface area contributed by atoms with Crippen LogP contribution in [0.15, 0.2) is 54.6 Å². The molecule has 3 rings (SSSR count). The standard InChI is InChI=1S/C23H30N2O2/c1-17(2)27-21-13-9-12-20(16-21)18(3)24-22(19-10-5-4-6-11-19)23(26)25-14-7-8-15-25/h4-6,9-13,16-18,22,24H,7-8,14-15H2,1-3H3. The minimum atomic E-state index is -0.339. The fraction of sp³-hybridized carbons (Fsp3) is 0.435. The summed E-state index contributed by atoms with van der Waals surface area (Å²) in [6.07, 6.45) is 2.33. The Morgan fingerprint density at radius 2 is 1.63 bits per heavy atom. The van der Waals surface area contributed by atoms with Gasteiger partial charge < -0.3 is 9.64 Å². The first-order valence-corrected chi connectivity index (χ1v) is 9.91. The average Bonchev–Trinajstić information content (AvgIpc) is 3.20. The van der Waals surface area contributed by atoms with Gasteiger partial charge in [0.1, 0.15) is 11.8 Å². The number of carbonyl (C=O) groups is 1. The van der Waals surface area contributed by atoms with Crippen LogP contribution in [0.25, 0.3) is 0 Å². The lowest BCUT2D eigenvalue weighted by molar-refractivity contribution is -0.132. The molecule has 4 heteroatoms. The van der Waals surface area contributed by atoms with Crippen LogP contribution >= 0.6 is 0 Å². The number of carbonyl (C=O) groups excluding carboxylic acids is 1. The predicted octanol–water partition coefficient (Wildman–Crippen LogP) is 4.49. The third-order valence-electron chi connectivity index (χ3n) is 4.94. The van der Waals surface area contributed by atoms with Gasteiger partial charge in [0.15, 0.2) is 0 Å². The Morgan fingerprint density at radius 1 is 0.963 bits per heavy atom. The van der Waals surface area contributed by atoms with E-state index >= 15 is 0 Å². The molecular formula is C23H30N2O2. The Hall–Kier alpha value is -2.33. The van der Waals surface area contributed by atoms with Crippen LogP contribution in [0.1, 0.15) is 56.8 Å². The van der Waals surface area contributed by atoms with Gasteiger partial charge in [-0.1, -0.05) is 42.5 Å². The first kappa shape index (κ1) is 19.4. The van der Waals surface area contributed by atoms with Crippen molar-refractivity contribution >= 4 is 5.91 Å². The van der Waals surface area contributed by atoms with Gasteiger partial charge in [0.25, 0.3) is 0 Å². The molecule has 1 heterocycles. The summed E-state index contributed by atoms with van der Waals surface area (Å²) in [5.41, 5.74) is 2.12. The zero-order valence-corrected chi connectivity index (χ0v) is 16.5. The van der Waals surface area contributed by atoms with E-state index in [2.05, 4.69) is 24.4 Å². The van der Waals surface area contributed by atoms with Crippen molar-refractivity contribution in [2.45, 2.75) is 51.8 Å². The monoisotopic (exact) mass is 366 g/mol. The third-order valence-corrected chi connectivity index (χ3v) is 4.94. The first-order chi connectivity index (χ1) is 13.0. The summed E-state index contributed by atoms with van der Waals surface area (Å²) >= 11 is 0. The van der Waals surface area contributed by atoms with Crippen molar-refractivity contribution in [1.82, 2.24) is 10.2 Å². The highest BCUT2D eigenvalue weighted by molar-refractivity contribution is 5.83. The van der Waals surface area contributed by atoms with Crippen LogP contribution in [-0.4, -0.2) is 30.0 Å². The number of nitrogens with zero attached hydrogens (tertiary/aromatic N) is 1. The SMILES string of the molecule is CC(C)Oc1cccc(C(C)NC(C(=O)N2CCCC2)c2ccccc2)c1. The van der Waals surface area contributed by atoms with E-state index in [9.17, 15) is 4.79 Å². The van der Waals surface area contributed by atoms with E-state index in [0.717, 1.165) is 42.8 Å². The fourth-order valence-electron chi connectivity index (χ4n) is 3.55. The summed E-state index contributed by atoms with van der Waals surface area (Å²) in [7, 11) is 0. The van der Waals surface area contributed by atoms with Gasteiger partial charge in [0, 0.05) is 19.1 Å². The molecule has 1 N–H and O–H groups in total. The van der Waals surface area contributed by atoms with Crippen LogP contribution in [0.2, 0.25) is 0 Å².